The van der Waals surface area contributed by atoms with E-state index in [1.165, 1.54) is 11.1 Å². The lowest BCUT2D eigenvalue weighted by Crippen LogP contribution is -2.30. The summed E-state index contributed by atoms with van der Waals surface area (Å²) in [5.74, 6) is 1.78. The van der Waals surface area contributed by atoms with Gasteiger partial charge in [0.05, 0.1) is 14.2 Å². The molecule has 24 heavy (non-hydrogen) atoms. The first-order valence-corrected chi connectivity index (χ1v) is 8.38. The minimum absolute atomic E-state index is 0.314. The molecule has 2 atom stereocenters. The molecular weight excluding hydrogens is 300 g/mol. The fourth-order valence-electron chi connectivity index (χ4n) is 2.60. The van der Waals surface area contributed by atoms with Crippen LogP contribution < -0.4 is 20.1 Å². The van der Waals surface area contributed by atoms with Gasteiger partial charge in [-0.3, -0.25) is 0 Å². The summed E-state index contributed by atoms with van der Waals surface area (Å²) in [5.41, 5.74) is 2.53. The van der Waals surface area contributed by atoms with Crippen molar-refractivity contribution < 1.29 is 9.47 Å². The summed E-state index contributed by atoms with van der Waals surface area (Å²) in [6, 6.07) is 17.0. The Balaban J connectivity index is 1.72. The van der Waals surface area contributed by atoms with E-state index < -0.39 is 0 Å². The van der Waals surface area contributed by atoms with Crippen LogP contribution in [0.25, 0.3) is 0 Å². The highest BCUT2D eigenvalue weighted by atomic mass is 16.5. The van der Waals surface area contributed by atoms with Gasteiger partial charge in [0, 0.05) is 25.2 Å². The van der Waals surface area contributed by atoms with E-state index in [9.17, 15) is 0 Å². The first-order valence-electron chi connectivity index (χ1n) is 8.38. The third kappa shape index (κ3) is 5.25. The molecule has 130 valence electrons. The van der Waals surface area contributed by atoms with Gasteiger partial charge < -0.3 is 20.1 Å². The Morgan fingerprint density at radius 3 is 1.29 bits per heavy atom. The number of hydrogen-bond donors (Lipinski definition) is 2. The fourth-order valence-corrected chi connectivity index (χ4v) is 2.60. The van der Waals surface area contributed by atoms with Crippen LogP contribution >= 0.6 is 0 Å². The maximum absolute atomic E-state index is 5.19. The molecule has 0 radical (unpaired) electrons. The summed E-state index contributed by atoms with van der Waals surface area (Å²) >= 11 is 0. The van der Waals surface area contributed by atoms with Crippen molar-refractivity contribution in [1.29, 1.82) is 0 Å². The van der Waals surface area contributed by atoms with Gasteiger partial charge in [0.2, 0.25) is 0 Å². The maximum Gasteiger partial charge on any atom is 0.118 e. The zero-order valence-electron chi connectivity index (χ0n) is 15.0. The largest absolute Gasteiger partial charge is 0.497 e. The van der Waals surface area contributed by atoms with Crippen LogP contribution in [-0.4, -0.2) is 27.3 Å². The highest BCUT2D eigenvalue weighted by Gasteiger charge is 2.07. The summed E-state index contributed by atoms with van der Waals surface area (Å²) in [5, 5.41) is 7.08. The Hall–Kier alpha value is -2.04. The van der Waals surface area contributed by atoms with Crippen LogP contribution in [0.5, 0.6) is 11.5 Å². The molecule has 2 aromatic rings. The molecule has 0 saturated heterocycles. The van der Waals surface area contributed by atoms with Crippen LogP contribution in [0.4, 0.5) is 0 Å². The predicted molar refractivity (Wildman–Crippen MR) is 98.8 cm³/mol. The number of nitrogens with one attached hydrogen (secondary N) is 2. The molecule has 0 fully saturated rings. The number of methoxy groups -OCH3 is 2. The fraction of sp³-hybridized carbons (Fsp3) is 0.400. The molecule has 0 aliphatic heterocycles. The van der Waals surface area contributed by atoms with Crippen molar-refractivity contribution in [2.24, 2.45) is 0 Å². The zero-order valence-corrected chi connectivity index (χ0v) is 15.0. The summed E-state index contributed by atoms with van der Waals surface area (Å²) in [7, 11) is 3.37. The van der Waals surface area contributed by atoms with Gasteiger partial charge in [0.25, 0.3) is 0 Å². The Bertz CT molecular complexity index is 541. The standard InChI is InChI=1S/C20H28N2O2/c1-15(17-5-9-19(23-3)10-6-17)21-13-14-22-16(2)18-7-11-20(24-4)12-8-18/h5-12,15-16,21-22H,13-14H2,1-4H3. The molecule has 2 N–H and O–H groups in total. The predicted octanol–water partition coefficient (Wildman–Crippen LogP) is 3.71. The van der Waals surface area contributed by atoms with Gasteiger partial charge in [-0.2, -0.15) is 0 Å². The molecule has 4 heteroatoms. The molecule has 4 nitrogen and oxygen atoms in total. The van der Waals surface area contributed by atoms with Crippen LogP contribution in [0, 0.1) is 0 Å². The minimum Gasteiger partial charge on any atom is -0.497 e. The van der Waals surface area contributed by atoms with E-state index in [1.807, 2.05) is 24.3 Å². The Labute approximate surface area is 145 Å². The van der Waals surface area contributed by atoms with Gasteiger partial charge in [-0.1, -0.05) is 24.3 Å². The van der Waals surface area contributed by atoms with Gasteiger partial charge >= 0.3 is 0 Å². The van der Waals surface area contributed by atoms with Gasteiger partial charge in [0.1, 0.15) is 11.5 Å². The van der Waals surface area contributed by atoms with Gasteiger partial charge in [-0.25, -0.2) is 0 Å². The zero-order chi connectivity index (χ0) is 17.4. The summed E-state index contributed by atoms with van der Waals surface area (Å²) < 4.78 is 10.4. The lowest BCUT2D eigenvalue weighted by Gasteiger charge is -2.18. The third-order valence-electron chi connectivity index (χ3n) is 4.26. The van der Waals surface area contributed by atoms with E-state index >= 15 is 0 Å². The molecule has 0 heterocycles. The van der Waals surface area contributed by atoms with Crippen molar-refractivity contribution in [1.82, 2.24) is 10.6 Å². The molecule has 0 aromatic heterocycles. The molecule has 2 unspecified atom stereocenters. The van der Waals surface area contributed by atoms with Crippen LogP contribution in [-0.2, 0) is 0 Å². The van der Waals surface area contributed by atoms with Crippen LogP contribution in [0.1, 0.15) is 37.1 Å². The smallest absolute Gasteiger partial charge is 0.118 e. The van der Waals surface area contributed by atoms with Crippen molar-refractivity contribution in [3.05, 3.63) is 59.7 Å². The number of rotatable bonds is 9. The van der Waals surface area contributed by atoms with Crippen molar-refractivity contribution in [2.75, 3.05) is 27.3 Å². The summed E-state index contributed by atoms with van der Waals surface area (Å²) in [6.45, 7) is 6.17. The molecule has 0 saturated carbocycles. The van der Waals surface area contributed by atoms with Crippen molar-refractivity contribution in [2.45, 2.75) is 25.9 Å². The van der Waals surface area contributed by atoms with Crippen LogP contribution in [0.2, 0.25) is 0 Å². The van der Waals surface area contributed by atoms with Crippen molar-refractivity contribution >= 4 is 0 Å². The molecule has 2 aromatic carbocycles. The van der Waals surface area contributed by atoms with Crippen LogP contribution in [0.15, 0.2) is 48.5 Å². The second-order valence-corrected chi connectivity index (χ2v) is 5.90. The Morgan fingerprint density at radius 1 is 0.667 bits per heavy atom. The van der Waals surface area contributed by atoms with Crippen molar-refractivity contribution in [3.8, 4) is 11.5 Å². The molecular formula is C20H28N2O2. The van der Waals surface area contributed by atoms with Crippen LogP contribution in [0.3, 0.4) is 0 Å². The SMILES string of the molecule is COc1ccc(C(C)NCCNC(C)c2ccc(OC)cc2)cc1. The minimum atomic E-state index is 0.314. The quantitative estimate of drug-likeness (QED) is 0.689. The Kier molecular flexibility index (Phi) is 7.09. The number of hydrogen-bond acceptors (Lipinski definition) is 4. The monoisotopic (exact) mass is 328 g/mol. The van der Waals surface area contributed by atoms with E-state index in [1.54, 1.807) is 14.2 Å². The lowest BCUT2D eigenvalue weighted by molar-refractivity contribution is 0.414. The molecule has 2 rings (SSSR count). The van der Waals surface area contributed by atoms with E-state index in [-0.39, 0.29) is 0 Å². The van der Waals surface area contributed by atoms with E-state index in [0.717, 1.165) is 24.6 Å². The normalized spacial score (nSPS) is 13.3. The summed E-state index contributed by atoms with van der Waals surface area (Å²) in [4.78, 5) is 0. The second-order valence-electron chi connectivity index (χ2n) is 5.90. The first kappa shape index (κ1) is 18.3. The average Bonchev–Trinajstić information content (AvgIpc) is 2.65. The number of ether oxygens (including phenoxy) is 2. The van der Waals surface area contributed by atoms with Gasteiger partial charge in [-0.05, 0) is 49.2 Å². The Morgan fingerprint density at radius 2 is 1.00 bits per heavy atom. The van der Waals surface area contributed by atoms with Gasteiger partial charge in [0.15, 0.2) is 0 Å². The highest BCUT2D eigenvalue weighted by Crippen LogP contribution is 2.18. The van der Waals surface area contributed by atoms with Gasteiger partial charge in [-0.15, -0.1) is 0 Å². The van der Waals surface area contributed by atoms with E-state index in [4.69, 9.17) is 9.47 Å². The molecule has 0 aliphatic rings. The first-order chi connectivity index (χ1) is 11.6. The van der Waals surface area contributed by atoms with E-state index in [0.29, 0.717) is 12.1 Å². The maximum atomic E-state index is 5.19. The molecule has 0 aliphatic carbocycles. The molecule has 0 spiro atoms. The van der Waals surface area contributed by atoms with Crippen molar-refractivity contribution in [3.63, 3.8) is 0 Å². The number of benzene rings is 2. The second kappa shape index (κ2) is 9.30. The average molecular weight is 328 g/mol. The lowest BCUT2D eigenvalue weighted by atomic mass is 10.1. The highest BCUT2D eigenvalue weighted by molar-refractivity contribution is 5.29. The molecule has 0 bridgehead atoms. The molecule has 0 amide bonds. The summed E-state index contributed by atoms with van der Waals surface area (Å²) in [6.07, 6.45) is 0. The topological polar surface area (TPSA) is 42.5 Å². The van der Waals surface area contributed by atoms with E-state index in [2.05, 4.69) is 48.7 Å². The third-order valence-corrected chi connectivity index (χ3v) is 4.26.